The third kappa shape index (κ3) is 2.00. The molecule has 0 amide bonds. The zero-order valence-corrected chi connectivity index (χ0v) is 7.91. The fourth-order valence-corrected chi connectivity index (χ4v) is 1.36. The predicted molar refractivity (Wildman–Crippen MR) is 54.8 cm³/mol. The van der Waals surface area contributed by atoms with Crippen LogP contribution in [0.4, 0.5) is 0 Å². The van der Waals surface area contributed by atoms with Crippen LogP contribution in [0.25, 0.3) is 0 Å². The van der Waals surface area contributed by atoms with Gasteiger partial charge in [0.25, 0.3) is 0 Å². The molecule has 0 unspecified atom stereocenters. The Morgan fingerprint density at radius 3 is 2.75 bits per heavy atom. The number of nitrogens with zero attached hydrogens (tertiary/aromatic N) is 1. The first kappa shape index (κ1) is 9.11. The summed E-state index contributed by atoms with van der Waals surface area (Å²) >= 11 is 9.74. The number of rotatable bonds is 2. The van der Waals surface area contributed by atoms with E-state index in [1.165, 1.54) is 0 Å². The van der Waals surface area contributed by atoms with Gasteiger partial charge in [-0.05, 0) is 11.1 Å². The molecule has 0 bridgehead atoms. The maximum absolute atomic E-state index is 8.50. The van der Waals surface area contributed by atoms with Gasteiger partial charge in [0.1, 0.15) is 0 Å². The molecule has 3 heteroatoms. The van der Waals surface area contributed by atoms with E-state index in [1.54, 1.807) is 0 Å². The molecular formula is C9H6NS2-. The van der Waals surface area contributed by atoms with E-state index < -0.39 is 0 Å². The van der Waals surface area contributed by atoms with Crippen molar-refractivity contribution in [3.05, 3.63) is 35.4 Å². The summed E-state index contributed by atoms with van der Waals surface area (Å²) in [4.78, 5) is 0. The maximum atomic E-state index is 8.50. The molecule has 0 aliphatic carbocycles. The van der Waals surface area contributed by atoms with E-state index in [9.17, 15) is 0 Å². The summed E-state index contributed by atoms with van der Waals surface area (Å²) in [6.45, 7) is 0. The summed E-state index contributed by atoms with van der Waals surface area (Å²) in [5, 5.41) is 8.50. The number of thiocarbonyl (C=S) groups is 1. The number of hydrogen-bond donors (Lipinski definition) is 0. The molecule has 1 rings (SSSR count). The first-order chi connectivity index (χ1) is 5.75. The Morgan fingerprint density at radius 1 is 1.50 bits per heavy atom. The molecule has 1 aromatic rings. The highest BCUT2D eigenvalue weighted by Gasteiger charge is 1.97. The van der Waals surface area contributed by atoms with Crippen molar-refractivity contribution in [3.8, 4) is 6.07 Å². The zero-order valence-electron chi connectivity index (χ0n) is 6.28. The lowest BCUT2D eigenvalue weighted by molar-refractivity contribution is 1.26. The normalized spacial score (nSPS) is 8.92. The molecule has 0 atom stereocenters. The van der Waals surface area contributed by atoms with Gasteiger partial charge < -0.3 is 24.8 Å². The van der Waals surface area contributed by atoms with Crippen LogP contribution in [0.15, 0.2) is 24.3 Å². The largest absolute Gasteiger partial charge is 0.428 e. The quantitative estimate of drug-likeness (QED) is 0.529. The fourth-order valence-electron chi connectivity index (χ4n) is 0.959. The van der Waals surface area contributed by atoms with Crippen LogP contribution in [-0.2, 0) is 19.0 Å². The van der Waals surface area contributed by atoms with E-state index >= 15 is 0 Å². The number of nitriles is 1. The third-order valence-corrected chi connectivity index (χ3v) is 1.95. The van der Waals surface area contributed by atoms with Crippen LogP contribution in [0.2, 0.25) is 0 Å². The Hall–Kier alpha value is -0.980. The van der Waals surface area contributed by atoms with E-state index in [2.05, 4.69) is 6.07 Å². The molecule has 0 aromatic heterocycles. The van der Waals surface area contributed by atoms with E-state index in [-0.39, 0.29) is 0 Å². The van der Waals surface area contributed by atoms with Crippen molar-refractivity contribution in [2.45, 2.75) is 6.42 Å². The summed E-state index contributed by atoms with van der Waals surface area (Å²) < 4.78 is 0.431. The molecule has 0 saturated carbocycles. The van der Waals surface area contributed by atoms with Crippen LogP contribution in [-0.4, -0.2) is 4.20 Å². The molecule has 0 saturated heterocycles. The van der Waals surface area contributed by atoms with Crippen molar-refractivity contribution >= 4 is 29.0 Å². The summed E-state index contributed by atoms with van der Waals surface area (Å²) in [7, 11) is 0. The summed E-state index contributed by atoms with van der Waals surface area (Å²) in [5.74, 6) is 0. The van der Waals surface area contributed by atoms with Gasteiger partial charge in [-0.2, -0.15) is 5.26 Å². The monoisotopic (exact) mass is 192 g/mol. The first-order valence-corrected chi connectivity index (χ1v) is 4.23. The van der Waals surface area contributed by atoms with Crippen molar-refractivity contribution in [3.63, 3.8) is 0 Å². The molecule has 0 radical (unpaired) electrons. The molecular weight excluding hydrogens is 186 g/mol. The van der Waals surface area contributed by atoms with Crippen LogP contribution in [0.3, 0.4) is 0 Å². The molecule has 0 heterocycles. The summed E-state index contributed by atoms with van der Waals surface area (Å²) in [6, 6.07) is 9.54. The van der Waals surface area contributed by atoms with Crippen molar-refractivity contribution in [2.75, 3.05) is 0 Å². The second kappa shape index (κ2) is 4.15. The van der Waals surface area contributed by atoms with Gasteiger partial charge in [-0.1, -0.05) is 24.3 Å². The van der Waals surface area contributed by atoms with E-state index in [1.807, 2.05) is 24.3 Å². The van der Waals surface area contributed by atoms with Crippen LogP contribution in [0.1, 0.15) is 11.1 Å². The second-order valence-electron chi connectivity index (χ2n) is 2.28. The maximum Gasteiger partial charge on any atom is 0.0669 e. The average molecular weight is 192 g/mol. The van der Waals surface area contributed by atoms with Crippen LogP contribution < -0.4 is 0 Å². The Bertz CT molecular complexity index is 339. The molecule has 1 aromatic carbocycles. The fraction of sp³-hybridized carbons (Fsp3) is 0.111. The van der Waals surface area contributed by atoms with Crippen LogP contribution in [0.5, 0.6) is 0 Å². The number of hydrogen-bond acceptors (Lipinski definition) is 3. The van der Waals surface area contributed by atoms with E-state index in [4.69, 9.17) is 30.1 Å². The smallest absolute Gasteiger partial charge is 0.0669 e. The summed E-state index contributed by atoms with van der Waals surface area (Å²) in [5.41, 5.74) is 1.75. The van der Waals surface area contributed by atoms with E-state index in [0.717, 1.165) is 11.1 Å². The average Bonchev–Trinajstić information content (AvgIpc) is 2.05. The Labute approximate surface area is 82.4 Å². The first-order valence-electron chi connectivity index (χ1n) is 3.42. The standard InChI is InChI=1S/C9H7NS2/c10-6-5-7-3-1-2-4-8(7)9(11)12/h1-4H,5H2,(H,11,12)/p-1. The highest BCUT2D eigenvalue weighted by atomic mass is 32.1. The van der Waals surface area contributed by atoms with Crippen molar-refractivity contribution in [2.24, 2.45) is 0 Å². The lowest BCUT2D eigenvalue weighted by Gasteiger charge is -2.09. The number of benzene rings is 1. The molecule has 1 nitrogen and oxygen atoms in total. The minimum atomic E-state index is 0.368. The molecule has 0 aliphatic heterocycles. The van der Waals surface area contributed by atoms with Gasteiger partial charge >= 0.3 is 0 Å². The molecule has 0 N–H and O–H groups in total. The minimum absolute atomic E-state index is 0.368. The Balaban J connectivity index is 3.10. The highest BCUT2D eigenvalue weighted by Crippen LogP contribution is 2.09. The van der Waals surface area contributed by atoms with Gasteiger partial charge in [0.2, 0.25) is 0 Å². The predicted octanol–water partition coefficient (Wildman–Crippen LogP) is 1.98. The van der Waals surface area contributed by atoms with Gasteiger partial charge in [0.05, 0.1) is 12.5 Å². The SMILES string of the molecule is N#CCc1ccccc1C(=S)[S-]. The van der Waals surface area contributed by atoms with E-state index in [0.29, 0.717) is 10.6 Å². The van der Waals surface area contributed by atoms with Gasteiger partial charge in [0, 0.05) is 0 Å². The Kier molecular flexibility index (Phi) is 3.15. The van der Waals surface area contributed by atoms with Crippen LogP contribution >= 0.6 is 12.2 Å². The lowest BCUT2D eigenvalue weighted by Crippen LogP contribution is -1.97. The molecule has 0 spiro atoms. The van der Waals surface area contributed by atoms with Crippen LogP contribution in [0, 0.1) is 11.3 Å². The van der Waals surface area contributed by atoms with Crippen molar-refractivity contribution in [1.82, 2.24) is 0 Å². The van der Waals surface area contributed by atoms with Gasteiger partial charge in [-0.15, -0.1) is 4.20 Å². The molecule has 60 valence electrons. The van der Waals surface area contributed by atoms with Crippen molar-refractivity contribution < 1.29 is 0 Å². The van der Waals surface area contributed by atoms with Gasteiger partial charge in [0.15, 0.2) is 0 Å². The molecule has 0 fully saturated rings. The molecule has 0 aliphatic rings. The van der Waals surface area contributed by atoms with Gasteiger partial charge in [-0.3, -0.25) is 0 Å². The topological polar surface area (TPSA) is 23.8 Å². The highest BCUT2D eigenvalue weighted by molar-refractivity contribution is 8.01. The Morgan fingerprint density at radius 2 is 2.17 bits per heavy atom. The third-order valence-electron chi connectivity index (χ3n) is 1.51. The van der Waals surface area contributed by atoms with Gasteiger partial charge in [-0.25, -0.2) is 0 Å². The van der Waals surface area contributed by atoms with Crippen molar-refractivity contribution in [1.29, 1.82) is 5.26 Å². The lowest BCUT2D eigenvalue weighted by atomic mass is 10.1. The second-order valence-corrected chi connectivity index (χ2v) is 3.35. The minimum Gasteiger partial charge on any atom is -0.428 e. The molecule has 12 heavy (non-hydrogen) atoms. The zero-order chi connectivity index (χ0) is 8.97. The summed E-state index contributed by atoms with van der Waals surface area (Å²) in [6.07, 6.45) is 0.368.